The number of benzene rings is 2. The van der Waals surface area contributed by atoms with Gasteiger partial charge in [-0.2, -0.15) is 0 Å². The molecule has 0 saturated heterocycles. The molecule has 0 radical (unpaired) electrons. The number of pyridine rings is 1. The van der Waals surface area contributed by atoms with E-state index in [1.54, 1.807) is 6.07 Å². The molecular weight excluding hydrogens is 366 g/mol. The van der Waals surface area contributed by atoms with Crippen LogP contribution in [-0.4, -0.2) is 30.1 Å². The van der Waals surface area contributed by atoms with Crippen molar-refractivity contribution < 1.29 is 14.3 Å². The van der Waals surface area contributed by atoms with Crippen molar-refractivity contribution in [3.05, 3.63) is 59.3 Å². The Balaban J connectivity index is 1.46. The zero-order chi connectivity index (χ0) is 20.4. The number of aromatic nitrogens is 1. The number of nitrogens with one attached hydrogen (secondary N) is 1. The van der Waals surface area contributed by atoms with E-state index in [1.807, 2.05) is 50.2 Å². The lowest BCUT2D eigenvalue weighted by atomic mass is 10.0. The summed E-state index contributed by atoms with van der Waals surface area (Å²) in [5.41, 5.74) is 10.1. The summed E-state index contributed by atoms with van der Waals surface area (Å²) >= 11 is 0. The first-order valence-electron chi connectivity index (χ1n) is 9.87. The molecule has 1 atom stereocenters. The SMILES string of the molecule is Cc1cc(N)c2c(OCC(C)NC(=O)c3cccc4c3OCCC4)cccc2n1. The summed E-state index contributed by atoms with van der Waals surface area (Å²) in [6, 6.07) is 13.0. The minimum Gasteiger partial charge on any atom is -0.492 e. The lowest BCUT2D eigenvalue weighted by molar-refractivity contribution is 0.0922. The topological polar surface area (TPSA) is 86.5 Å². The van der Waals surface area contributed by atoms with E-state index in [0.717, 1.165) is 35.0 Å². The van der Waals surface area contributed by atoms with Gasteiger partial charge in [0.2, 0.25) is 0 Å². The van der Waals surface area contributed by atoms with Crippen LogP contribution in [0.3, 0.4) is 0 Å². The number of amides is 1. The summed E-state index contributed by atoms with van der Waals surface area (Å²) in [5.74, 6) is 1.20. The van der Waals surface area contributed by atoms with E-state index in [1.165, 1.54) is 0 Å². The van der Waals surface area contributed by atoms with Crippen LogP contribution >= 0.6 is 0 Å². The molecule has 0 fully saturated rings. The summed E-state index contributed by atoms with van der Waals surface area (Å²) in [4.78, 5) is 17.3. The van der Waals surface area contributed by atoms with E-state index >= 15 is 0 Å². The maximum atomic E-state index is 12.8. The number of hydrogen-bond acceptors (Lipinski definition) is 5. The van der Waals surface area contributed by atoms with Crippen LogP contribution in [0.4, 0.5) is 5.69 Å². The Kier molecular flexibility index (Phi) is 5.25. The second kappa shape index (κ2) is 7.99. The number of nitrogens with two attached hydrogens (primary N) is 1. The Hall–Kier alpha value is -3.28. The Morgan fingerprint density at radius 3 is 3.00 bits per heavy atom. The first kappa shape index (κ1) is 19.1. The van der Waals surface area contributed by atoms with E-state index in [9.17, 15) is 4.79 Å². The number of hydrogen-bond donors (Lipinski definition) is 2. The van der Waals surface area contributed by atoms with Gasteiger partial charge in [0, 0.05) is 11.4 Å². The van der Waals surface area contributed by atoms with Crippen molar-refractivity contribution in [1.82, 2.24) is 10.3 Å². The van der Waals surface area contributed by atoms with Crippen molar-refractivity contribution in [2.45, 2.75) is 32.7 Å². The van der Waals surface area contributed by atoms with Gasteiger partial charge in [-0.3, -0.25) is 9.78 Å². The van der Waals surface area contributed by atoms with E-state index in [2.05, 4.69) is 10.3 Å². The summed E-state index contributed by atoms with van der Waals surface area (Å²) in [5, 5.41) is 3.79. The Labute approximate surface area is 170 Å². The average molecular weight is 391 g/mol. The summed E-state index contributed by atoms with van der Waals surface area (Å²) in [6.45, 7) is 4.78. The second-order valence-electron chi connectivity index (χ2n) is 7.43. The van der Waals surface area contributed by atoms with E-state index in [4.69, 9.17) is 15.2 Å². The molecule has 1 aliphatic rings. The maximum absolute atomic E-state index is 12.8. The van der Waals surface area contributed by atoms with Crippen LogP contribution in [0, 0.1) is 6.92 Å². The number of aryl methyl sites for hydroxylation is 2. The minimum absolute atomic E-state index is 0.158. The van der Waals surface area contributed by atoms with Gasteiger partial charge in [-0.15, -0.1) is 0 Å². The van der Waals surface area contributed by atoms with Gasteiger partial charge < -0.3 is 20.5 Å². The number of carbonyl (C=O) groups is 1. The molecule has 0 saturated carbocycles. The highest BCUT2D eigenvalue weighted by molar-refractivity contribution is 5.98. The average Bonchev–Trinajstić information content (AvgIpc) is 2.71. The zero-order valence-electron chi connectivity index (χ0n) is 16.7. The second-order valence-corrected chi connectivity index (χ2v) is 7.43. The largest absolute Gasteiger partial charge is 0.492 e. The van der Waals surface area contributed by atoms with Crippen molar-refractivity contribution in [2.75, 3.05) is 18.9 Å². The van der Waals surface area contributed by atoms with Gasteiger partial charge in [0.1, 0.15) is 18.1 Å². The third-order valence-corrected chi connectivity index (χ3v) is 5.00. The number of ether oxygens (including phenoxy) is 2. The Bertz CT molecular complexity index is 1060. The molecule has 2 heterocycles. The molecular formula is C23H25N3O3. The van der Waals surface area contributed by atoms with Crippen LogP contribution in [0.1, 0.15) is 35.0 Å². The van der Waals surface area contributed by atoms with Gasteiger partial charge in [0.05, 0.1) is 29.1 Å². The fourth-order valence-electron chi connectivity index (χ4n) is 3.67. The number of nitrogen functional groups attached to an aromatic ring is 1. The summed E-state index contributed by atoms with van der Waals surface area (Å²) < 4.78 is 11.7. The van der Waals surface area contributed by atoms with Crippen LogP contribution in [0.25, 0.3) is 10.9 Å². The van der Waals surface area contributed by atoms with Gasteiger partial charge in [0.25, 0.3) is 5.91 Å². The number of rotatable bonds is 5. The molecule has 150 valence electrons. The van der Waals surface area contributed by atoms with Gasteiger partial charge in [-0.1, -0.05) is 18.2 Å². The summed E-state index contributed by atoms with van der Waals surface area (Å²) in [6.07, 6.45) is 1.91. The molecule has 6 nitrogen and oxygen atoms in total. The molecule has 4 rings (SSSR count). The number of fused-ring (bicyclic) bond motifs is 2. The highest BCUT2D eigenvalue weighted by Gasteiger charge is 2.20. The fraction of sp³-hybridized carbons (Fsp3) is 0.304. The molecule has 1 aromatic heterocycles. The molecule has 1 amide bonds. The van der Waals surface area contributed by atoms with E-state index in [-0.39, 0.29) is 11.9 Å². The lowest BCUT2D eigenvalue weighted by Crippen LogP contribution is -2.37. The quantitative estimate of drug-likeness (QED) is 0.693. The maximum Gasteiger partial charge on any atom is 0.255 e. The highest BCUT2D eigenvalue weighted by atomic mass is 16.5. The summed E-state index contributed by atoms with van der Waals surface area (Å²) in [7, 11) is 0. The van der Waals surface area contributed by atoms with Crippen LogP contribution in [-0.2, 0) is 6.42 Å². The van der Waals surface area contributed by atoms with Crippen LogP contribution in [0.15, 0.2) is 42.5 Å². The standard InChI is InChI=1S/C23H25N3O3/c1-14-12-18(24)21-19(25-14)9-4-10-20(21)29-13-15(2)26-23(27)17-8-3-6-16-7-5-11-28-22(16)17/h3-4,6,8-10,12,15H,5,7,11,13H2,1-2H3,(H2,24,25)(H,26,27). The highest BCUT2D eigenvalue weighted by Crippen LogP contribution is 2.31. The molecule has 0 bridgehead atoms. The van der Waals surface area contributed by atoms with E-state index in [0.29, 0.717) is 36.0 Å². The molecule has 2 aromatic carbocycles. The van der Waals surface area contributed by atoms with Crippen LogP contribution in [0.2, 0.25) is 0 Å². The molecule has 1 unspecified atom stereocenters. The fourth-order valence-corrected chi connectivity index (χ4v) is 3.67. The smallest absolute Gasteiger partial charge is 0.255 e. The third kappa shape index (κ3) is 3.97. The van der Waals surface area contributed by atoms with E-state index < -0.39 is 0 Å². The monoisotopic (exact) mass is 391 g/mol. The van der Waals surface area contributed by atoms with Gasteiger partial charge in [-0.05, 0) is 56.5 Å². The first-order chi connectivity index (χ1) is 14.0. The molecule has 0 spiro atoms. The molecule has 0 aliphatic carbocycles. The van der Waals surface area contributed by atoms with Crippen molar-refractivity contribution in [3.8, 4) is 11.5 Å². The van der Waals surface area contributed by atoms with Gasteiger partial charge in [0.15, 0.2) is 0 Å². The number of anilines is 1. The molecule has 3 N–H and O–H groups in total. The number of carbonyl (C=O) groups excluding carboxylic acids is 1. The van der Waals surface area contributed by atoms with Crippen molar-refractivity contribution in [1.29, 1.82) is 0 Å². The third-order valence-electron chi connectivity index (χ3n) is 5.00. The molecule has 1 aliphatic heterocycles. The Morgan fingerprint density at radius 2 is 2.14 bits per heavy atom. The van der Waals surface area contributed by atoms with Crippen molar-refractivity contribution in [2.24, 2.45) is 0 Å². The van der Waals surface area contributed by atoms with Gasteiger partial charge >= 0.3 is 0 Å². The van der Waals surface area contributed by atoms with Crippen LogP contribution < -0.4 is 20.5 Å². The lowest BCUT2D eigenvalue weighted by Gasteiger charge is -2.21. The number of nitrogens with zero attached hydrogens (tertiary/aromatic N) is 1. The van der Waals surface area contributed by atoms with Crippen molar-refractivity contribution in [3.63, 3.8) is 0 Å². The molecule has 6 heteroatoms. The predicted molar refractivity (Wildman–Crippen MR) is 114 cm³/mol. The van der Waals surface area contributed by atoms with Gasteiger partial charge in [-0.25, -0.2) is 0 Å². The predicted octanol–water partition coefficient (Wildman–Crippen LogP) is 3.65. The van der Waals surface area contributed by atoms with Crippen molar-refractivity contribution >= 4 is 22.5 Å². The minimum atomic E-state index is -0.197. The van der Waals surface area contributed by atoms with Crippen LogP contribution in [0.5, 0.6) is 11.5 Å². The zero-order valence-corrected chi connectivity index (χ0v) is 16.7. The normalized spacial score (nSPS) is 14.0. The number of para-hydroxylation sites is 1. The molecule has 3 aromatic rings. The molecule has 29 heavy (non-hydrogen) atoms. The first-order valence-corrected chi connectivity index (χ1v) is 9.87. The Morgan fingerprint density at radius 1 is 1.31 bits per heavy atom.